The second-order valence-electron chi connectivity index (χ2n) is 5.25. The first-order valence-electron chi connectivity index (χ1n) is 7.62. The Morgan fingerprint density at radius 1 is 1.25 bits per heavy atom. The molecule has 0 amide bonds. The van der Waals surface area contributed by atoms with E-state index < -0.39 is 0 Å². The van der Waals surface area contributed by atoms with Crippen LogP contribution in [0.25, 0.3) is 0 Å². The molecule has 0 bridgehead atoms. The van der Waals surface area contributed by atoms with Crippen LogP contribution < -0.4 is 15.4 Å². The average Bonchev–Trinajstić information content (AvgIpc) is 2.85. The maximum atomic E-state index is 6.07. The van der Waals surface area contributed by atoms with Crippen LogP contribution in [0.3, 0.4) is 0 Å². The molecule has 0 unspecified atom stereocenters. The van der Waals surface area contributed by atoms with Crippen molar-refractivity contribution in [2.45, 2.75) is 13.0 Å². The maximum absolute atomic E-state index is 6.07. The van der Waals surface area contributed by atoms with Gasteiger partial charge in [0.05, 0.1) is 18.7 Å². The van der Waals surface area contributed by atoms with Gasteiger partial charge in [0, 0.05) is 26.3 Å². The normalized spacial score (nSPS) is 11.5. The van der Waals surface area contributed by atoms with Gasteiger partial charge in [-0.15, -0.1) is 0 Å². The van der Waals surface area contributed by atoms with Crippen molar-refractivity contribution in [1.29, 1.82) is 0 Å². The summed E-state index contributed by atoms with van der Waals surface area (Å²) in [6, 6.07) is 9.84. The van der Waals surface area contributed by atoms with Crippen molar-refractivity contribution in [2.75, 3.05) is 20.7 Å². The smallest absolute Gasteiger partial charge is 0.191 e. The van der Waals surface area contributed by atoms with Gasteiger partial charge in [0.1, 0.15) is 10.9 Å². The van der Waals surface area contributed by atoms with Crippen LogP contribution in [0.1, 0.15) is 11.3 Å². The van der Waals surface area contributed by atoms with Crippen molar-refractivity contribution >= 4 is 29.2 Å². The van der Waals surface area contributed by atoms with E-state index in [0.717, 1.165) is 35.9 Å². The minimum atomic E-state index is 0.535. The topological polar surface area (TPSA) is 50.6 Å². The van der Waals surface area contributed by atoms with Gasteiger partial charge in [0.15, 0.2) is 5.96 Å². The van der Waals surface area contributed by atoms with Gasteiger partial charge >= 0.3 is 0 Å². The number of nitrogens with zero attached hydrogens (tertiary/aromatic N) is 2. The third-order valence-electron chi connectivity index (χ3n) is 3.76. The number of methoxy groups -OCH3 is 1. The Balaban J connectivity index is 1.85. The molecule has 1 heterocycles. The molecule has 0 spiro atoms. The summed E-state index contributed by atoms with van der Waals surface area (Å²) in [5.41, 5.74) is 2.14. The lowest BCUT2D eigenvalue weighted by Crippen LogP contribution is -2.38. The number of halogens is 2. The number of guanidine groups is 1. The summed E-state index contributed by atoms with van der Waals surface area (Å²) < 4.78 is 7.21. The minimum absolute atomic E-state index is 0.535. The second kappa shape index (κ2) is 8.85. The van der Waals surface area contributed by atoms with Crippen LogP contribution in [0.2, 0.25) is 10.2 Å². The molecule has 0 aliphatic heterocycles. The third kappa shape index (κ3) is 4.58. The molecule has 0 saturated carbocycles. The highest BCUT2D eigenvalue weighted by Crippen LogP contribution is 2.24. The van der Waals surface area contributed by atoms with Crippen LogP contribution in [0.5, 0.6) is 5.75 Å². The van der Waals surface area contributed by atoms with Gasteiger partial charge in [-0.1, -0.05) is 41.4 Å². The van der Waals surface area contributed by atoms with E-state index in [9.17, 15) is 0 Å². The summed E-state index contributed by atoms with van der Waals surface area (Å²) in [6.07, 6.45) is 0.840. The number of aliphatic imine (C=N–C) groups is 1. The van der Waals surface area contributed by atoms with Gasteiger partial charge in [0.2, 0.25) is 0 Å². The predicted octanol–water partition coefficient (Wildman–Crippen LogP) is 3.25. The Hall–Kier alpha value is -1.85. The maximum Gasteiger partial charge on any atom is 0.191 e. The minimum Gasteiger partial charge on any atom is -0.496 e. The molecule has 0 aliphatic rings. The number of hydrogen-bond acceptors (Lipinski definition) is 2. The molecule has 2 rings (SSSR count). The van der Waals surface area contributed by atoms with E-state index in [0.29, 0.717) is 16.7 Å². The van der Waals surface area contributed by atoms with Crippen LogP contribution in [-0.2, 0) is 20.0 Å². The first-order chi connectivity index (χ1) is 11.6. The fraction of sp³-hybridized carbons (Fsp3) is 0.353. The number of benzene rings is 1. The van der Waals surface area contributed by atoms with Crippen LogP contribution >= 0.6 is 23.2 Å². The lowest BCUT2D eigenvalue weighted by molar-refractivity contribution is 0.409. The summed E-state index contributed by atoms with van der Waals surface area (Å²) in [4.78, 5) is 4.22. The summed E-state index contributed by atoms with van der Waals surface area (Å²) in [5.74, 6) is 1.62. The van der Waals surface area contributed by atoms with E-state index in [1.165, 1.54) is 0 Å². The highest BCUT2D eigenvalue weighted by Gasteiger charge is 2.09. The summed E-state index contributed by atoms with van der Waals surface area (Å²) in [5, 5.41) is 7.63. The summed E-state index contributed by atoms with van der Waals surface area (Å²) >= 11 is 12.1. The average molecular weight is 369 g/mol. The van der Waals surface area contributed by atoms with Crippen LogP contribution in [0.4, 0.5) is 0 Å². The van der Waals surface area contributed by atoms with Gasteiger partial charge in [0.25, 0.3) is 0 Å². The lowest BCUT2D eigenvalue weighted by atomic mass is 10.1. The van der Waals surface area contributed by atoms with Crippen LogP contribution in [0, 0.1) is 0 Å². The zero-order chi connectivity index (χ0) is 17.5. The molecule has 7 heteroatoms. The van der Waals surface area contributed by atoms with E-state index in [4.69, 9.17) is 27.9 Å². The highest BCUT2D eigenvalue weighted by molar-refractivity contribution is 6.41. The Morgan fingerprint density at radius 2 is 2.00 bits per heavy atom. The third-order valence-corrected chi connectivity index (χ3v) is 4.60. The van der Waals surface area contributed by atoms with Crippen molar-refractivity contribution in [3.05, 3.63) is 51.8 Å². The molecule has 0 radical (unpaired) electrons. The van der Waals surface area contributed by atoms with E-state index >= 15 is 0 Å². The van der Waals surface area contributed by atoms with Crippen molar-refractivity contribution in [3.63, 3.8) is 0 Å². The van der Waals surface area contributed by atoms with Gasteiger partial charge in [-0.3, -0.25) is 4.99 Å². The number of hydrogen-bond donors (Lipinski definition) is 2. The Bertz CT molecular complexity index is 713. The number of rotatable bonds is 6. The molecule has 0 saturated heterocycles. The predicted molar refractivity (Wildman–Crippen MR) is 100 cm³/mol. The molecule has 1 aromatic heterocycles. The molecule has 0 aliphatic carbocycles. The zero-order valence-corrected chi connectivity index (χ0v) is 15.6. The van der Waals surface area contributed by atoms with Gasteiger partial charge in [-0.05, 0) is 24.1 Å². The Labute approximate surface area is 152 Å². The molecule has 2 aromatic rings. The molecule has 5 nitrogen and oxygen atoms in total. The first-order valence-corrected chi connectivity index (χ1v) is 8.38. The first kappa shape index (κ1) is 18.5. The number of ether oxygens (including phenoxy) is 1. The zero-order valence-electron chi connectivity index (χ0n) is 14.1. The molecule has 0 atom stereocenters. The van der Waals surface area contributed by atoms with Crippen molar-refractivity contribution < 1.29 is 4.74 Å². The van der Waals surface area contributed by atoms with E-state index in [2.05, 4.69) is 21.7 Å². The van der Waals surface area contributed by atoms with E-state index in [1.807, 2.05) is 35.9 Å². The van der Waals surface area contributed by atoms with E-state index in [1.54, 1.807) is 14.2 Å². The number of para-hydroxylation sites is 1. The largest absolute Gasteiger partial charge is 0.496 e. The molecular weight excluding hydrogens is 347 g/mol. The number of nitrogens with one attached hydrogen (secondary N) is 2. The summed E-state index contributed by atoms with van der Waals surface area (Å²) in [7, 11) is 5.30. The molecule has 2 N–H and O–H groups in total. The highest BCUT2D eigenvalue weighted by atomic mass is 35.5. The van der Waals surface area contributed by atoms with E-state index in [-0.39, 0.29) is 0 Å². The van der Waals surface area contributed by atoms with Gasteiger partial charge < -0.3 is 19.9 Å². The summed E-state index contributed by atoms with van der Waals surface area (Å²) in [6.45, 7) is 1.33. The van der Waals surface area contributed by atoms with Crippen molar-refractivity contribution in [1.82, 2.24) is 15.2 Å². The SMILES string of the molecule is CN=C(NCCc1ccccc1OC)NCc1cc(Cl)c(Cl)n1C. The monoisotopic (exact) mass is 368 g/mol. The van der Waals surface area contributed by atoms with Crippen molar-refractivity contribution in [3.8, 4) is 5.75 Å². The molecule has 1 aromatic carbocycles. The molecular formula is C17H22Cl2N4O. The Morgan fingerprint density at radius 3 is 2.62 bits per heavy atom. The molecule has 0 fully saturated rings. The van der Waals surface area contributed by atoms with Crippen LogP contribution in [-0.4, -0.2) is 31.2 Å². The van der Waals surface area contributed by atoms with Crippen LogP contribution in [0.15, 0.2) is 35.3 Å². The fourth-order valence-corrected chi connectivity index (χ4v) is 2.79. The number of aromatic nitrogens is 1. The van der Waals surface area contributed by atoms with Gasteiger partial charge in [-0.25, -0.2) is 0 Å². The molecule has 130 valence electrons. The van der Waals surface area contributed by atoms with Crippen molar-refractivity contribution in [2.24, 2.45) is 12.0 Å². The quantitative estimate of drug-likeness (QED) is 0.607. The lowest BCUT2D eigenvalue weighted by Gasteiger charge is -2.13. The van der Waals surface area contributed by atoms with Gasteiger partial charge in [-0.2, -0.15) is 0 Å². The molecule has 24 heavy (non-hydrogen) atoms. The fourth-order valence-electron chi connectivity index (χ4n) is 2.38. The Kier molecular flexibility index (Phi) is 6.82. The second-order valence-corrected chi connectivity index (χ2v) is 6.01. The standard InChI is InChI=1S/C17H22Cl2N4O/c1-20-17(22-11-13-10-14(18)16(19)23(13)2)21-9-8-12-6-4-5-7-15(12)24-3/h4-7,10H,8-9,11H2,1-3H3,(H2,20,21,22).